The molecule has 10 heteroatoms. The van der Waals surface area contributed by atoms with Crippen LogP contribution in [0.1, 0.15) is 29.0 Å². The van der Waals surface area contributed by atoms with E-state index in [9.17, 15) is 13.2 Å². The quantitative estimate of drug-likeness (QED) is 0.534. The summed E-state index contributed by atoms with van der Waals surface area (Å²) in [5.41, 5.74) is 1.60. The molecule has 32 heavy (non-hydrogen) atoms. The molecule has 0 bridgehead atoms. The lowest BCUT2D eigenvalue weighted by molar-refractivity contribution is 0.102. The number of halogens is 1. The summed E-state index contributed by atoms with van der Waals surface area (Å²) in [5, 5.41) is 7.19. The lowest BCUT2D eigenvalue weighted by Crippen LogP contribution is -2.31. The Bertz CT molecular complexity index is 1220. The second kappa shape index (κ2) is 9.41. The molecule has 0 saturated carbocycles. The van der Waals surface area contributed by atoms with Crippen molar-refractivity contribution in [2.45, 2.75) is 30.8 Å². The molecule has 1 fully saturated rings. The maximum atomic E-state index is 12.9. The van der Waals surface area contributed by atoms with E-state index in [-0.39, 0.29) is 23.1 Å². The normalized spacial score (nSPS) is 16.2. The minimum Gasteiger partial charge on any atom is -0.377 e. The van der Waals surface area contributed by atoms with Gasteiger partial charge in [0.15, 0.2) is 0 Å². The maximum Gasteiger partial charge on any atom is 0.261 e. The number of rotatable bonds is 7. The first-order chi connectivity index (χ1) is 15.3. The highest BCUT2D eigenvalue weighted by atomic mass is 35.5. The number of aromatic nitrogens is 1. The van der Waals surface area contributed by atoms with Gasteiger partial charge in [-0.3, -0.25) is 4.79 Å². The zero-order valence-electron chi connectivity index (χ0n) is 17.3. The molecule has 1 atom stereocenters. The fourth-order valence-electron chi connectivity index (χ4n) is 3.48. The molecular weight excluding hydrogens is 454 g/mol. The third kappa shape index (κ3) is 4.86. The minimum absolute atomic E-state index is 0.0949. The first kappa shape index (κ1) is 22.5. The topological polar surface area (TPSA) is 111 Å². The largest absolute Gasteiger partial charge is 0.377 e. The molecule has 168 valence electrons. The molecule has 2 heterocycles. The van der Waals surface area contributed by atoms with E-state index in [4.69, 9.17) is 20.9 Å². The van der Waals surface area contributed by atoms with Gasteiger partial charge < -0.3 is 14.6 Å². The van der Waals surface area contributed by atoms with E-state index in [1.54, 1.807) is 31.2 Å². The number of hydrogen-bond donors (Lipinski definition) is 2. The molecule has 1 saturated heterocycles. The molecule has 2 aromatic carbocycles. The van der Waals surface area contributed by atoms with Crippen molar-refractivity contribution in [1.82, 2.24) is 9.88 Å². The zero-order chi connectivity index (χ0) is 22.7. The van der Waals surface area contributed by atoms with Crippen molar-refractivity contribution < 1.29 is 22.5 Å². The van der Waals surface area contributed by atoms with Crippen molar-refractivity contribution in [2.75, 3.05) is 18.5 Å². The number of aryl methyl sites for hydroxylation is 1. The van der Waals surface area contributed by atoms with Gasteiger partial charge in [0, 0.05) is 24.4 Å². The van der Waals surface area contributed by atoms with E-state index >= 15 is 0 Å². The fourth-order valence-corrected chi connectivity index (χ4v) is 4.77. The lowest BCUT2D eigenvalue weighted by atomic mass is 10.1. The van der Waals surface area contributed by atoms with Crippen LogP contribution in [-0.4, -0.2) is 38.7 Å². The highest BCUT2D eigenvalue weighted by Gasteiger charge is 2.24. The summed E-state index contributed by atoms with van der Waals surface area (Å²) in [6.07, 6.45) is 1.68. The molecular formula is C22H22ClN3O5S. The number of ether oxygens (including phenoxy) is 1. The van der Waals surface area contributed by atoms with Crippen LogP contribution in [0.2, 0.25) is 5.02 Å². The van der Waals surface area contributed by atoms with Crippen LogP contribution in [0.3, 0.4) is 0 Å². The van der Waals surface area contributed by atoms with E-state index in [2.05, 4.69) is 15.2 Å². The number of carbonyl (C=O) groups is 1. The summed E-state index contributed by atoms with van der Waals surface area (Å²) < 4.78 is 38.2. The van der Waals surface area contributed by atoms with Gasteiger partial charge in [-0.05, 0) is 50.1 Å². The van der Waals surface area contributed by atoms with Crippen LogP contribution in [0.5, 0.6) is 0 Å². The first-order valence-corrected chi connectivity index (χ1v) is 11.9. The molecule has 1 aromatic heterocycles. The van der Waals surface area contributed by atoms with Crippen molar-refractivity contribution in [3.05, 3.63) is 64.9 Å². The average Bonchev–Trinajstić information content (AvgIpc) is 3.43. The fraction of sp³-hybridized carbons (Fsp3) is 0.273. The van der Waals surface area contributed by atoms with Crippen LogP contribution >= 0.6 is 11.6 Å². The molecule has 0 spiro atoms. The molecule has 3 aromatic rings. The Hall–Kier alpha value is -2.72. The number of hydrogen-bond acceptors (Lipinski definition) is 6. The first-order valence-electron chi connectivity index (χ1n) is 10.1. The van der Waals surface area contributed by atoms with E-state index < -0.39 is 15.9 Å². The highest BCUT2D eigenvalue weighted by Crippen LogP contribution is 2.31. The van der Waals surface area contributed by atoms with E-state index in [0.29, 0.717) is 34.3 Å². The highest BCUT2D eigenvalue weighted by molar-refractivity contribution is 7.89. The Balaban J connectivity index is 1.48. The zero-order valence-corrected chi connectivity index (χ0v) is 18.9. The van der Waals surface area contributed by atoms with Gasteiger partial charge >= 0.3 is 0 Å². The Morgan fingerprint density at radius 3 is 2.62 bits per heavy atom. The summed E-state index contributed by atoms with van der Waals surface area (Å²) >= 11 is 6.25. The molecule has 2 N–H and O–H groups in total. The van der Waals surface area contributed by atoms with Gasteiger partial charge in [-0.2, -0.15) is 0 Å². The molecule has 4 rings (SSSR count). The van der Waals surface area contributed by atoms with Crippen molar-refractivity contribution in [3.63, 3.8) is 0 Å². The number of benzene rings is 2. The predicted molar refractivity (Wildman–Crippen MR) is 120 cm³/mol. The number of amides is 1. The Morgan fingerprint density at radius 2 is 1.94 bits per heavy atom. The standard InChI is InChI=1S/C22H22ClN3O5S/c1-14-20(21(26-31-14)18-6-2-3-7-19(18)23)22(27)25-15-8-10-17(11-9-15)32(28,29)24-13-16-5-4-12-30-16/h2-3,6-11,16,24H,4-5,12-13H2,1H3,(H,25,27). The molecule has 8 nitrogen and oxygen atoms in total. The van der Waals surface area contributed by atoms with Crippen molar-refractivity contribution in [1.29, 1.82) is 0 Å². The number of carbonyl (C=O) groups excluding carboxylic acids is 1. The van der Waals surface area contributed by atoms with E-state index in [1.807, 2.05) is 0 Å². The van der Waals surface area contributed by atoms with Crippen molar-refractivity contribution >= 4 is 33.2 Å². The van der Waals surface area contributed by atoms with Crippen molar-refractivity contribution in [3.8, 4) is 11.3 Å². The number of nitrogens with zero attached hydrogens (tertiary/aromatic N) is 1. The molecule has 1 unspecified atom stereocenters. The third-order valence-electron chi connectivity index (χ3n) is 5.17. The van der Waals surface area contributed by atoms with Gasteiger partial charge in [0.05, 0.1) is 16.0 Å². The third-order valence-corrected chi connectivity index (χ3v) is 6.94. The Labute approximate surface area is 190 Å². The SMILES string of the molecule is Cc1onc(-c2ccccc2Cl)c1C(=O)Nc1ccc(S(=O)(=O)NCC2CCCO2)cc1. The number of anilines is 1. The van der Waals surface area contributed by atoms with Crippen LogP contribution in [0.15, 0.2) is 57.9 Å². The van der Waals surface area contributed by atoms with Gasteiger partial charge in [-0.15, -0.1) is 0 Å². The molecule has 1 aliphatic rings. The minimum atomic E-state index is -3.67. The van der Waals surface area contributed by atoms with Gasteiger partial charge in [-0.25, -0.2) is 13.1 Å². The second-order valence-electron chi connectivity index (χ2n) is 7.41. The van der Waals surface area contributed by atoms with Crippen LogP contribution < -0.4 is 10.0 Å². The molecule has 0 radical (unpaired) electrons. The molecule has 0 aliphatic carbocycles. The van der Waals surface area contributed by atoms with Gasteiger partial charge in [0.2, 0.25) is 10.0 Å². The lowest BCUT2D eigenvalue weighted by Gasteiger charge is -2.12. The summed E-state index contributed by atoms with van der Waals surface area (Å²) in [6, 6.07) is 12.9. The summed E-state index contributed by atoms with van der Waals surface area (Å²) in [6.45, 7) is 2.53. The smallest absolute Gasteiger partial charge is 0.261 e. The summed E-state index contributed by atoms with van der Waals surface area (Å²) in [5.74, 6) is -0.0965. The van der Waals surface area contributed by atoms with Crippen LogP contribution in [0.25, 0.3) is 11.3 Å². The van der Waals surface area contributed by atoms with Crippen molar-refractivity contribution in [2.24, 2.45) is 0 Å². The number of sulfonamides is 1. The number of nitrogens with one attached hydrogen (secondary N) is 2. The van der Waals surface area contributed by atoms with Gasteiger partial charge in [0.25, 0.3) is 5.91 Å². The predicted octanol–water partition coefficient (Wildman–Crippen LogP) is 4.01. The molecule has 1 aliphatic heterocycles. The second-order valence-corrected chi connectivity index (χ2v) is 9.58. The molecule has 1 amide bonds. The Kier molecular flexibility index (Phi) is 6.61. The van der Waals surface area contributed by atoms with E-state index in [0.717, 1.165) is 12.8 Å². The summed E-state index contributed by atoms with van der Waals surface area (Å²) in [4.78, 5) is 13.0. The van der Waals surface area contributed by atoms with Crippen LogP contribution in [-0.2, 0) is 14.8 Å². The van der Waals surface area contributed by atoms with Crippen LogP contribution in [0, 0.1) is 6.92 Å². The average molecular weight is 476 g/mol. The maximum absolute atomic E-state index is 12.9. The van der Waals surface area contributed by atoms with Crippen LogP contribution in [0.4, 0.5) is 5.69 Å². The monoisotopic (exact) mass is 475 g/mol. The van der Waals surface area contributed by atoms with Gasteiger partial charge in [0.1, 0.15) is 17.0 Å². The summed E-state index contributed by atoms with van der Waals surface area (Å²) in [7, 11) is -3.67. The van der Waals surface area contributed by atoms with E-state index in [1.165, 1.54) is 24.3 Å². The Morgan fingerprint density at radius 1 is 1.19 bits per heavy atom. The van der Waals surface area contributed by atoms with Gasteiger partial charge in [-0.1, -0.05) is 35.0 Å².